The van der Waals surface area contributed by atoms with Crippen molar-refractivity contribution in [2.45, 2.75) is 71.1 Å². The summed E-state index contributed by atoms with van der Waals surface area (Å²) in [5, 5.41) is 22.0. The van der Waals surface area contributed by atoms with Gasteiger partial charge >= 0.3 is 0 Å². The summed E-state index contributed by atoms with van der Waals surface area (Å²) in [7, 11) is 0. The molecule has 0 atom stereocenters. The Balaban J connectivity index is 4.44. The van der Waals surface area contributed by atoms with Gasteiger partial charge in [0.2, 0.25) is 11.4 Å². The second-order valence-corrected chi connectivity index (χ2v) is 5.70. The first-order valence-electron chi connectivity index (χ1n) is 8.78. The molecule has 0 saturated heterocycles. The first-order valence-corrected chi connectivity index (χ1v) is 8.78. The molecular weight excluding hydrogens is 324 g/mol. The number of hydrogen-bond donors (Lipinski definition) is 0. The van der Waals surface area contributed by atoms with Crippen molar-refractivity contribution >= 4 is 6.29 Å². The van der Waals surface area contributed by atoms with Crippen LogP contribution in [0.2, 0.25) is 0 Å². The number of carbonyl (C=O) groups excluding carboxylic acids is 1. The quantitative estimate of drug-likeness (QED) is 0.136. The van der Waals surface area contributed by atoms with Gasteiger partial charge in [-0.15, -0.1) is 0 Å². The molecule has 0 bridgehead atoms. The maximum atomic E-state index is 11.1. The maximum absolute atomic E-state index is 11.1. The number of rotatable bonds is 15. The lowest BCUT2D eigenvalue weighted by Crippen LogP contribution is -2.01. The third-order valence-corrected chi connectivity index (χ3v) is 3.65. The summed E-state index contributed by atoms with van der Waals surface area (Å²) in [6.07, 6.45) is 14.1. The van der Waals surface area contributed by atoms with Gasteiger partial charge in [0.1, 0.15) is 6.29 Å². The van der Waals surface area contributed by atoms with Crippen molar-refractivity contribution < 1.29 is 14.6 Å². The van der Waals surface area contributed by atoms with Crippen LogP contribution in [0.25, 0.3) is 0 Å². The third kappa shape index (κ3) is 12.7. The van der Waals surface area contributed by atoms with Crippen LogP contribution < -0.4 is 0 Å². The second-order valence-electron chi connectivity index (χ2n) is 5.70. The molecule has 0 aromatic rings. The first-order chi connectivity index (χ1) is 12.0. The molecule has 0 radical (unpaired) electrons. The Hall–Kier alpha value is -2.31. The van der Waals surface area contributed by atoms with Gasteiger partial charge in [0.05, 0.1) is 22.7 Å². The second kappa shape index (κ2) is 15.2. The van der Waals surface area contributed by atoms with E-state index in [4.69, 9.17) is 0 Å². The number of hydrogen-bond acceptors (Lipinski definition) is 5. The standard InChI is InChI=1S/C18H28N2O5/c1-2-3-9-12-17(19(22)23)14-15-18(20(24)25)13-10-7-5-4-6-8-11-16-21/h3,9,13-14,16H,2,4-8,10-12,15H2,1H3/b9-3+,17-14-,18-13-. The molecule has 0 aromatic heterocycles. The number of unbranched alkanes of at least 4 members (excludes halogenated alkanes) is 6. The Bertz CT molecular complexity index is 510. The van der Waals surface area contributed by atoms with Crippen LogP contribution in [-0.4, -0.2) is 16.1 Å². The molecule has 0 heterocycles. The average Bonchev–Trinajstić information content (AvgIpc) is 2.57. The first kappa shape index (κ1) is 22.7. The molecule has 0 amide bonds. The summed E-state index contributed by atoms with van der Waals surface area (Å²) in [6.45, 7) is 1.93. The molecule has 25 heavy (non-hydrogen) atoms. The van der Waals surface area contributed by atoms with E-state index in [1.54, 1.807) is 12.2 Å². The lowest BCUT2D eigenvalue weighted by molar-refractivity contribution is -0.431. The van der Waals surface area contributed by atoms with Crippen molar-refractivity contribution in [3.8, 4) is 0 Å². The van der Waals surface area contributed by atoms with Crippen LogP contribution in [0.5, 0.6) is 0 Å². The normalized spacial score (nSPS) is 12.5. The average molecular weight is 352 g/mol. The molecule has 0 aliphatic heterocycles. The van der Waals surface area contributed by atoms with Crippen molar-refractivity contribution in [1.82, 2.24) is 0 Å². The highest BCUT2D eigenvalue weighted by Gasteiger charge is 2.13. The Labute approximate surface area is 148 Å². The zero-order valence-electron chi connectivity index (χ0n) is 14.9. The highest BCUT2D eigenvalue weighted by atomic mass is 16.6. The predicted octanol–water partition coefficient (Wildman–Crippen LogP) is 4.98. The zero-order chi connectivity index (χ0) is 18.9. The minimum Gasteiger partial charge on any atom is -0.303 e. The van der Waals surface area contributed by atoms with Gasteiger partial charge in [0, 0.05) is 6.42 Å². The van der Waals surface area contributed by atoms with E-state index in [0.29, 0.717) is 12.8 Å². The molecule has 7 heteroatoms. The van der Waals surface area contributed by atoms with Gasteiger partial charge in [-0.2, -0.15) is 0 Å². The van der Waals surface area contributed by atoms with Gasteiger partial charge in [-0.3, -0.25) is 20.2 Å². The third-order valence-electron chi connectivity index (χ3n) is 3.65. The van der Waals surface area contributed by atoms with E-state index in [1.807, 2.05) is 13.0 Å². The summed E-state index contributed by atoms with van der Waals surface area (Å²) in [5.41, 5.74) is -0.0209. The smallest absolute Gasteiger partial charge is 0.246 e. The van der Waals surface area contributed by atoms with Crippen molar-refractivity contribution in [3.05, 3.63) is 55.9 Å². The van der Waals surface area contributed by atoms with Crippen LogP contribution in [0, 0.1) is 20.2 Å². The minimum absolute atomic E-state index is 0.000207. The SMILES string of the molecule is CC/C=C/C/C(=C/C/C(=C/CCCCCCCC=O)[N+](=O)[O-])[N+](=O)[O-]. The van der Waals surface area contributed by atoms with Crippen molar-refractivity contribution in [3.63, 3.8) is 0 Å². The van der Waals surface area contributed by atoms with E-state index in [1.165, 1.54) is 6.08 Å². The van der Waals surface area contributed by atoms with Crippen LogP contribution in [0.1, 0.15) is 71.1 Å². The van der Waals surface area contributed by atoms with Gasteiger partial charge < -0.3 is 4.79 Å². The van der Waals surface area contributed by atoms with Crippen molar-refractivity contribution in [2.24, 2.45) is 0 Å². The highest BCUT2D eigenvalue weighted by Crippen LogP contribution is 2.13. The molecule has 0 aromatic carbocycles. The van der Waals surface area contributed by atoms with Crippen LogP contribution in [0.4, 0.5) is 0 Å². The van der Waals surface area contributed by atoms with E-state index < -0.39 is 9.85 Å². The fourth-order valence-corrected chi connectivity index (χ4v) is 2.23. The largest absolute Gasteiger partial charge is 0.303 e. The van der Waals surface area contributed by atoms with E-state index in [-0.39, 0.29) is 24.2 Å². The Morgan fingerprint density at radius 3 is 1.92 bits per heavy atom. The summed E-state index contributed by atoms with van der Waals surface area (Å²) >= 11 is 0. The lowest BCUT2D eigenvalue weighted by atomic mass is 10.1. The fourth-order valence-electron chi connectivity index (χ4n) is 2.23. The maximum Gasteiger partial charge on any atom is 0.246 e. The molecule has 0 spiro atoms. The Kier molecular flexibility index (Phi) is 13.8. The van der Waals surface area contributed by atoms with Crippen LogP contribution in [0.3, 0.4) is 0 Å². The van der Waals surface area contributed by atoms with Gasteiger partial charge in [-0.05, 0) is 37.8 Å². The monoisotopic (exact) mass is 352 g/mol. The number of carbonyl (C=O) groups is 1. The fraction of sp³-hybridized carbons (Fsp3) is 0.611. The number of allylic oxidation sites excluding steroid dienone is 4. The van der Waals surface area contributed by atoms with E-state index in [2.05, 4.69) is 0 Å². The van der Waals surface area contributed by atoms with Gasteiger partial charge in [-0.25, -0.2) is 0 Å². The lowest BCUT2D eigenvalue weighted by Gasteiger charge is -1.99. The summed E-state index contributed by atoms with van der Waals surface area (Å²) in [4.78, 5) is 31.3. The van der Waals surface area contributed by atoms with E-state index in [9.17, 15) is 25.0 Å². The molecule has 0 saturated carbocycles. The van der Waals surface area contributed by atoms with Crippen LogP contribution in [0.15, 0.2) is 35.7 Å². The highest BCUT2D eigenvalue weighted by molar-refractivity contribution is 5.48. The summed E-state index contributed by atoms with van der Waals surface area (Å²) in [6, 6.07) is 0. The zero-order valence-corrected chi connectivity index (χ0v) is 14.9. The summed E-state index contributed by atoms with van der Waals surface area (Å²) in [5.74, 6) is 0. The minimum atomic E-state index is -0.489. The molecule has 0 fully saturated rings. The molecule has 140 valence electrons. The molecule has 0 aliphatic rings. The van der Waals surface area contributed by atoms with E-state index >= 15 is 0 Å². The van der Waals surface area contributed by atoms with Crippen molar-refractivity contribution in [2.75, 3.05) is 0 Å². The molecule has 7 nitrogen and oxygen atoms in total. The van der Waals surface area contributed by atoms with Gasteiger partial charge in [-0.1, -0.05) is 38.3 Å². The Morgan fingerprint density at radius 2 is 1.36 bits per heavy atom. The summed E-state index contributed by atoms with van der Waals surface area (Å²) < 4.78 is 0. The van der Waals surface area contributed by atoms with Gasteiger partial charge in [0.15, 0.2) is 0 Å². The molecule has 0 unspecified atom stereocenters. The predicted molar refractivity (Wildman–Crippen MR) is 97.2 cm³/mol. The molecule has 0 aliphatic carbocycles. The van der Waals surface area contributed by atoms with Crippen molar-refractivity contribution in [1.29, 1.82) is 0 Å². The number of nitrogens with zero attached hydrogens (tertiary/aromatic N) is 2. The van der Waals surface area contributed by atoms with Gasteiger partial charge in [0.25, 0.3) is 0 Å². The molecule has 0 rings (SSSR count). The van der Waals surface area contributed by atoms with Crippen LogP contribution >= 0.6 is 0 Å². The number of nitro groups is 2. The van der Waals surface area contributed by atoms with E-state index in [0.717, 1.165) is 44.8 Å². The van der Waals surface area contributed by atoms with Crippen LogP contribution in [-0.2, 0) is 4.79 Å². The topological polar surface area (TPSA) is 103 Å². The molecule has 0 N–H and O–H groups in total. The molecular formula is C18H28N2O5. The Morgan fingerprint density at radius 1 is 0.800 bits per heavy atom. The number of aldehydes is 1.